The van der Waals surface area contributed by atoms with Crippen LogP contribution in [-0.4, -0.2) is 29.7 Å². The van der Waals surface area contributed by atoms with Crippen LogP contribution in [0.1, 0.15) is 23.8 Å². The highest BCUT2D eigenvalue weighted by Crippen LogP contribution is 2.38. The van der Waals surface area contributed by atoms with Gasteiger partial charge in [-0.1, -0.05) is 18.5 Å². The van der Waals surface area contributed by atoms with E-state index in [1.165, 1.54) is 6.42 Å². The Bertz CT molecular complexity index is 450. The lowest BCUT2D eigenvalue weighted by Gasteiger charge is -2.18. The van der Waals surface area contributed by atoms with Crippen molar-refractivity contribution in [3.63, 3.8) is 0 Å². The van der Waals surface area contributed by atoms with Crippen molar-refractivity contribution in [2.45, 2.75) is 13.3 Å². The maximum atomic E-state index is 10.9. The number of carbonyl (C=O) groups is 1. The quantitative estimate of drug-likeness (QED) is 0.897. The minimum Gasteiger partial charge on any atom is -0.476 e. The molecule has 0 spiro atoms. The molecule has 4 nitrogen and oxygen atoms in total. The van der Waals surface area contributed by atoms with Crippen molar-refractivity contribution in [2.24, 2.45) is 11.8 Å². The lowest BCUT2D eigenvalue weighted by atomic mass is 10.3. The van der Waals surface area contributed by atoms with Gasteiger partial charge in [0.15, 0.2) is 5.69 Å². The van der Waals surface area contributed by atoms with Crippen LogP contribution in [0.2, 0.25) is 5.02 Å². The molecule has 92 valence electrons. The van der Waals surface area contributed by atoms with Crippen molar-refractivity contribution < 1.29 is 9.90 Å². The van der Waals surface area contributed by atoms with E-state index in [0.29, 0.717) is 11.7 Å². The van der Waals surface area contributed by atoms with Gasteiger partial charge < -0.3 is 10.0 Å². The van der Waals surface area contributed by atoms with Crippen LogP contribution >= 0.6 is 11.6 Å². The third kappa shape index (κ3) is 2.69. The summed E-state index contributed by atoms with van der Waals surface area (Å²) in [6.07, 6.45) is 1.24. The second kappa shape index (κ2) is 4.53. The number of nitrogens with zero attached hydrogens (tertiary/aromatic N) is 2. The van der Waals surface area contributed by atoms with Gasteiger partial charge in [-0.25, -0.2) is 9.78 Å². The molecule has 0 amide bonds. The third-order valence-electron chi connectivity index (χ3n) is 3.21. The molecule has 1 aromatic rings. The van der Waals surface area contributed by atoms with Gasteiger partial charge in [0.25, 0.3) is 0 Å². The first-order chi connectivity index (χ1) is 7.99. The lowest BCUT2D eigenvalue weighted by Crippen LogP contribution is -2.22. The van der Waals surface area contributed by atoms with Crippen molar-refractivity contribution in [1.29, 1.82) is 0 Å². The van der Waals surface area contributed by atoms with Crippen molar-refractivity contribution in [3.05, 3.63) is 22.8 Å². The predicted molar refractivity (Wildman–Crippen MR) is 66.7 cm³/mol. The van der Waals surface area contributed by atoms with E-state index in [1.54, 1.807) is 12.1 Å². The molecule has 0 bridgehead atoms. The van der Waals surface area contributed by atoms with Crippen molar-refractivity contribution in [1.82, 2.24) is 4.98 Å². The van der Waals surface area contributed by atoms with Crippen LogP contribution < -0.4 is 4.90 Å². The molecule has 1 saturated carbocycles. The molecule has 0 aliphatic heterocycles. The summed E-state index contributed by atoms with van der Waals surface area (Å²) in [5.74, 6) is 1.03. The Morgan fingerprint density at radius 1 is 1.65 bits per heavy atom. The number of hydrogen-bond acceptors (Lipinski definition) is 3. The number of rotatable bonds is 4. The Labute approximate surface area is 105 Å². The van der Waals surface area contributed by atoms with E-state index in [1.807, 2.05) is 11.9 Å². The van der Waals surface area contributed by atoms with Crippen LogP contribution in [0.5, 0.6) is 0 Å². The summed E-state index contributed by atoms with van der Waals surface area (Å²) in [7, 11) is 1.92. The minimum absolute atomic E-state index is 0.0835. The summed E-state index contributed by atoms with van der Waals surface area (Å²) in [6.45, 7) is 3.13. The molecule has 1 fully saturated rings. The molecule has 2 atom stereocenters. The molecule has 2 unspecified atom stereocenters. The van der Waals surface area contributed by atoms with Gasteiger partial charge in [0, 0.05) is 13.6 Å². The van der Waals surface area contributed by atoms with Gasteiger partial charge >= 0.3 is 5.97 Å². The van der Waals surface area contributed by atoms with Gasteiger partial charge in [-0.15, -0.1) is 0 Å². The summed E-state index contributed by atoms with van der Waals surface area (Å²) in [5, 5.41) is 9.12. The van der Waals surface area contributed by atoms with E-state index >= 15 is 0 Å². The van der Waals surface area contributed by atoms with Gasteiger partial charge in [-0.05, 0) is 30.4 Å². The highest BCUT2D eigenvalue weighted by Gasteiger charge is 2.33. The molecule has 1 aromatic heterocycles. The Morgan fingerprint density at radius 2 is 2.29 bits per heavy atom. The van der Waals surface area contributed by atoms with Gasteiger partial charge in [0.05, 0.1) is 5.02 Å². The average Bonchev–Trinajstić information content (AvgIpc) is 2.94. The van der Waals surface area contributed by atoms with Crippen LogP contribution in [0.25, 0.3) is 0 Å². The molecular formula is C12H15ClN2O2. The van der Waals surface area contributed by atoms with Gasteiger partial charge in [-0.3, -0.25) is 0 Å². The number of aromatic nitrogens is 1. The molecule has 5 heteroatoms. The normalized spacial score (nSPS) is 22.3. The van der Waals surface area contributed by atoms with Crippen LogP contribution in [-0.2, 0) is 0 Å². The lowest BCUT2D eigenvalue weighted by molar-refractivity contribution is 0.0691. The molecule has 1 N–H and O–H groups in total. The smallest absolute Gasteiger partial charge is 0.356 e. The summed E-state index contributed by atoms with van der Waals surface area (Å²) < 4.78 is 0. The summed E-state index contributed by atoms with van der Waals surface area (Å²) in [6, 6.07) is 3.34. The zero-order chi connectivity index (χ0) is 12.6. The number of hydrogen-bond donors (Lipinski definition) is 1. The number of anilines is 1. The Kier molecular flexibility index (Phi) is 3.24. The maximum Gasteiger partial charge on any atom is 0.356 e. The van der Waals surface area contributed by atoms with E-state index in [4.69, 9.17) is 16.7 Å². The fourth-order valence-electron chi connectivity index (χ4n) is 1.89. The molecule has 0 saturated heterocycles. The van der Waals surface area contributed by atoms with Crippen LogP contribution in [0, 0.1) is 11.8 Å². The van der Waals surface area contributed by atoms with Gasteiger partial charge in [0.1, 0.15) is 5.82 Å². The zero-order valence-corrected chi connectivity index (χ0v) is 10.6. The van der Waals surface area contributed by atoms with E-state index in [0.717, 1.165) is 12.5 Å². The third-order valence-corrected chi connectivity index (χ3v) is 3.51. The first-order valence-corrected chi connectivity index (χ1v) is 5.98. The standard InChI is InChI=1S/C12H15ClN2O2/c1-7-5-8(7)6-15(2)10-4-3-9(13)11(14-10)12(16)17/h3-4,7-8H,5-6H2,1-2H3,(H,16,17). The molecule has 2 rings (SSSR count). The predicted octanol–water partition coefficient (Wildman–Crippen LogP) is 2.53. The highest BCUT2D eigenvalue weighted by atomic mass is 35.5. The highest BCUT2D eigenvalue weighted by molar-refractivity contribution is 6.33. The van der Waals surface area contributed by atoms with Crippen molar-refractivity contribution >= 4 is 23.4 Å². The molecule has 1 aliphatic rings. The first kappa shape index (κ1) is 12.2. The topological polar surface area (TPSA) is 53.4 Å². The molecule has 1 aliphatic carbocycles. The minimum atomic E-state index is -1.09. The first-order valence-electron chi connectivity index (χ1n) is 5.60. The molecular weight excluding hydrogens is 240 g/mol. The average molecular weight is 255 g/mol. The second-order valence-electron chi connectivity index (χ2n) is 4.66. The van der Waals surface area contributed by atoms with E-state index in [-0.39, 0.29) is 10.7 Å². The van der Waals surface area contributed by atoms with Gasteiger partial charge in [-0.2, -0.15) is 0 Å². The van der Waals surface area contributed by atoms with Crippen molar-refractivity contribution in [2.75, 3.05) is 18.5 Å². The van der Waals surface area contributed by atoms with E-state index in [2.05, 4.69) is 11.9 Å². The largest absolute Gasteiger partial charge is 0.476 e. The Hall–Kier alpha value is -1.29. The fourth-order valence-corrected chi connectivity index (χ4v) is 2.08. The van der Waals surface area contributed by atoms with E-state index < -0.39 is 5.97 Å². The number of halogens is 1. The van der Waals surface area contributed by atoms with Crippen LogP contribution in [0.4, 0.5) is 5.82 Å². The fraction of sp³-hybridized carbons (Fsp3) is 0.500. The summed E-state index contributed by atoms with van der Waals surface area (Å²) in [4.78, 5) is 17.0. The van der Waals surface area contributed by atoms with E-state index in [9.17, 15) is 4.79 Å². The number of carboxylic acid groups (broad SMARTS) is 1. The summed E-state index contributed by atoms with van der Waals surface area (Å²) >= 11 is 5.78. The van der Waals surface area contributed by atoms with Gasteiger partial charge in [0.2, 0.25) is 0 Å². The molecule has 0 aromatic carbocycles. The Balaban J connectivity index is 2.14. The maximum absolute atomic E-state index is 10.9. The number of carboxylic acids is 1. The SMILES string of the molecule is CC1CC1CN(C)c1ccc(Cl)c(C(=O)O)n1. The zero-order valence-electron chi connectivity index (χ0n) is 9.85. The second-order valence-corrected chi connectivity index (χ2v) is 5.07. The monoisotopic (exact) mass is 254 g/mol. The van der Waals surface area contributed by atoms with Crippen molar-refractivity contribution in [3.8, 4) is 0 Å². The van der Waals surface area contributed by atoms with Crippen LogP contribution in [0.15, 0.2) is 12.1 Å². The molecule has 1 heterocycles. The summed E-state index contributed by atoms with van der Waals surface area (Å²) in [5.41, 5.74) is -0.0835. The Morgan fingerprint density at radius 3 is 2.82 bits per heavy atom. The molecule has 0 radical (unpaired) electrons. The van der Waals surface area contributed by atoms with Crippen LogP contribution in [0.3, 0.4) is 0 Å². The number of pyridine rings is 1. The molecule has 17 heavy (non-hydrogen) atoms. The number of aromatic carboxylic acids is 1.